The Morgan fingerprint density at radius 2 is 2.29 bits per heavy atom. The monoisotopic (exact) mass is 320 g/mol. The summed E-state index contributed by atoms with van der Waals surface area (Å²) < 4.78 is 0. The number of nitrogens with zero attached hydrogens (tertiary/aromatic N) is 1. The molecule has 2 aromatic rings. The van der Waals surface area contributed by atoms with Crippen LogP contribution in [0.25, 0.3) is 0 Å². The first-order chi connectivity index (χ1) is 10.0. The van der Waals surface area contributed by atoms with Crippen molar-refractivity contribution in [3.63, 3.8) is 0 Å². The van der Waals surface area contributed by atoms with Crippen molar-refractivity contribution in [3.8, 4) is 0 Å². The van der Waals surface area contributed by atoms with E-state index >= 15 is 0 Å². The molecule has 0 saturated carbocycles. The molecular weight excluding hydrogens is 300 g/mol. The number of thiazole rings is 1. The van der Waals surface area contributed by atoms with E-state index < -0.39 is 0 Å². The Kier molecular flexibility index (Phi) is 4.34. The predicted octanol–water partition coefficient (Wildman–Crippen LogP) is 4.47. The fourth-order valence-corrected chi connectivity index (χ4v) is 4.34. The first kappa shape index (κ1) is 15.0. The summed E-state index contributed by atoms with van der Waals surface area (Å²) in [4.78, 5) is 6.28. The van der Waals surface area contributed by atoms with Crippen LogP contribution in [0.5, 0.6) is 0 Å². The summed E-state index contributed by atoms with van der Waals surface area (Å²) >= 11 is 7.93. The van der Waals surface area contributed by atoms with Crippen LogP contribution in [-0.4, -0.2) is 4.98 Å². The third-order valence-electron chi connectivity index (χ3n) is 4.24. The lowest BCUT2D eigenvalue weighted by Crippen LogP contribution is -2.13. The van der Waals surface area contributed by atoms with Gasteiger partial charge in [0, 0.05) is 22.4 Å². The highest BCUT2D eigenvalue weighted by Gasteiger charge is 2.20. The van der Waals surface area contributed by atoms with Gasteiger partial charge in [0.15, 0.2) is 0 Å². The Bertz CT molecular complexity index is 650. The minimum absolute atomic E-state index is 0.00834. The standard InChI is InChI=1S/C17H21ClN2S/c1-10-3-6-15-16(7-10)21-17(20-15)9-14(19)12-4-5-13(18)11(2)8-12/h4-5,8,10,14H,3,6-7,9,19H2,1-2H3. The number of hydrogen-bond donors (Lipinski definition) is 1. The molecule has 1 aromatic heterocycles. The normalized spacial score (nSPS) is 19.3. The third kappa shape index (κ3) is 3.31. The smallest absolute Gasteiger partial charge is 0.0950 e. The quantitative estimate of drug-likeness (QED) is 0.906. The van der Waals surface area contributed by atoms with Crippen LogP contribution in [0.3, 0.4) is 0 Å². The van der Waals surface area contributed by atoms with Crippen LogP contribution in [0, 0.1) is 12.8 Å². The van der Waals surface area contributed by atoms with Crippen LogP contribution in [0.4, 0.5) is 0 Å². The fourth-order valence-electron chi connectivity index (χ4n) is 2.89. The van der Waals surface area contributed by atoms with Crippen molar-refractivity contribution >= 4 is 22.9 Å². The molecule has 0 aliphatic heterocycles. The van der Waals surface area contributed by atoms with E-state index in [2.05, 4.69) is 13.0 Å². The minimum Gasteiger partial charge on any atom is -0.324 e. The van der Waals surface area contributed by atoms with E-state index in [1.807, 2.05) is 30.4 Å². The average molecular weight is 321 g/mol. The fraction of sp³-hybridized carbons (Fsp3) is 0.471. The van der Waals surface area contributed by atoms with Crippen molar-refractivity contribution in [1.82, 2.24) is 4.98 Å². The lowest BCUT2D eigenvalue weighted by molar-refractivity contribution is 0.501. The molecule has 1 aromatic carbocycles. The molecule has 0 spiro atoms. The van der Waals surface area contributed by atoms with E-state index in [0.29, 0.717) is 0 Å². The zero-order chi connectivity index (χ0) is 15.0. The SMILES string of the molecule is Cc1cc(C(N)Cc2nc3c(s2)CC(C)CC3)ccc1Cl. The molecule has 4 heteroatoms. The molecule has 112 valence electrons. The Hall–Kier alpha value is -0.900. The number of rotatable bonds is 3. The van der Waals surface area contributed by atoms with Crippen LogP contribution in [0.15, 0.2) is 18.2 Å². The summed E-state index contributed by atoms with van der Waals surface area (Å²) in [6.45, 7) is 4.34. The van der Waals surface area contributed by atoms with E-state index in [4.69, 9.17) is 22.3 Å². The number of nitrogens with two attached hydrogens (primary N) is 1. The third-order valence-corrected chi connectivity index (χ3v) is 5.80. The Labute approximate surface area is 135 Å². The van der Waals surface area contributed by atoms with E-state index in [1.165, 1.54) is 28.4 Å². The van der Waals surface area contributed by atoms with Crippen molar-refractivity contribution < 1.29 is 0 Å². The summed E-state index contributed by atoms with van der Waals surface area (Å²) in [7, 11) is 0. The number of fused-ring (bicyclic) bond motifs is 1. The van der Waals surface area contributed by atoms with Gasteiger partial charge in [-0.15, -0.1) is 11.3 Å². The molecule has 1 aliphatic rings. The van der Waals surface area contributed by atoms with Gasteiger partial charge in [-0.25, -0.2) is 4.98 Å². The molecule has 1 aliphatic carbocycles. The Morgan fingerprint density at radius 1 is 1.48 bits per heavy atom. The van der Waals surface area contributed by atoms with Crippen LogP contribution < -0.4 is 5.73 Å². The predicted molar refractivity (Wildman–Crippen MR) is 90.1 cm³/mol. The molecule has 2 nitrogen and oxygen atoms in total. The zero-order valence-corrected chi connectivity index (χ0v) is 14.1. The van der Waals surface area contributed by atoms with Gasteiger partial charge in [-0.3, -0.25) is 0 Å². The summed E-state index contributed by atoms with van der Waals surface area (Å²) in [5.74, 6) is 0.790. The number of halogens is 1. The van der Waals surface area contributed by atoms with Gasteiger partial charge in [-0.2, -0.15) is 0 Å². The second-order valence-electron chi connectivity index (χ2n) is 6.14. The number of aryl methyl sites for hydroxylation is 2. The number of hydrogen-bond acceptors (Lipinski definition) is 3. The van der Waals surface area contributed by atoms with Crippen molar-refractivity contribution in [1.29, 1.82) is 0 Å². The molecular formula is C17H21ClN2S. The summed E-state index contributed by atoms with van der Waals surface area (Å²) in [5.41, 5.74) is 9.89. The van der Waals surface area contributed by atoms with Gasteiger partial charge in [0.05, 0.1) is 10.7 Å². The zero-order valence-electron chi connectivity index (χ0n) is 12.5. The molecule has 0 radical (unpaired) electrons. The maximum absolute atomic E-state index is 6.35. The van der Waals surface area contributed by atoms with Crippen molar-refractivity contribution in [2.75, 3.05) is 0 Å². The van der Waals surface area contributed by atoms with Gasteiger partial charge in [-0.05, 0) is 49.3 Å². The van der Waals surface area contributed by atoms with Crippen molar-refractivity contribution in [3.05, 3.63) is 49.9 Å². The maximum Gasteiger partial charge on any atom is 0.0950 e. The summed E-state index contributed by atoms with van der Waals surface area (Å²) in [6.07, 6.45) is 4.39. The topological polar surface area (TPSA) is 38.9 Å². The average Bonchev–Trinajstić information content (AvgIpc) is 2.83. The minimum atomic E-state index is -0.00834. The van der Waals surface area contributed by atoms with Gasteiger partial charge < -0.3 is 5.73 Å². The van der Waals surface area contributed by atoms with E-state index in [9.17, 15) is 0 Å². The van der Waals surface area contributed by atoms with Gasteiger partial charge >= 0.3 is 0 Å². The highest BCUT2D eigenvalue weighted by atomic mass is 35.5. The molecule has 2 N–H and O–H groups in total. The first-order valence-corrected chi connectivity index (χ1v) is 8.71. The summed E-state index contributed by atoms with van der Waals surface area (Å²) in [6, 6.07) is 6.03. The molecule has 3 rings (SSSR count). The van der Waals surface area contributed by atoms with Gasteiger partial charge in [0.2, 0.25) is 0 Å². The largest absolute Gasteiger partial charge is 0.324 e. The molecule has 21 heavy (non-hydrogen) atoms. The molecule has 0 bridgehead atoms. The lowest BCUT2D eigenvalue weighted by atomic mass is 9.93. The molecule has 1 heterocycles. The number of aromatic nitrogens is 1. The van der Waals surface area contributed by atoms with Crippen molar-refractivity contribution in [2.45, 2.75) is 45.6 Å². The van der Waals surface area contributed by atoms with Crippen LogP contribution in [0.2, 0.25) is 5.02 Å². The summed E-state index contributed by atoms with van der Waals surface area (Å²) in [5, 5.41) is 1.97. The highest BCUT2D eigenvalue weighted by Crippen LogP contribution is 2.31. The first-order valence-electron chi connectivity index (χ1n) is 7.52. The van der Waals surface area contributed by atoms with Crippen LogP contribution in [0.1, 0.15) is 46.1 Å². The van der Waals surface area contributed by atoms with Gasteiger partial charge in [0.1, 0.15) is 0 Å². The molecule has 0 saturated heterocycles. The molecule has 0 amide bonds. The Balaban J connectivity index is 1.75. The van der Waals surface area contributed by atoms with Crippen LogP contribution >= 0.6 is 22.9 Å². The van der Waals surface area contributed by atoms with Crippen molar-refractivity contribution in [2.24, 2.45) is 11.7 Å². The van der Waals surface area contributed by atoms with E-state index in [1.54, 1.807) is 0 Å². The molecule has 2 atom stereocenters. The van der Waals surface area contributed by atoms with Gasteiger partial charge in [-0.1, -0.05) is 30.7 Å². The second-order valence-corrected chi connectivity index (χ2v) is 7.72. The Morgan fingerprint density at radius 3 is 3.05 bits per heavy atom. The number of benzene rings is 1. The molecule has 2 unspecified atom stereocenters. The van der Waals surface area contributed by atoms with E-state index in [-0.39, 0.29) is 6.04 Å². The maximum atomic E-state index is 6.35. The van der Waals surface area contributed by atoms with E-state index in [0.717, 1.165) is 34.9 Å². The highest BCUT2D eigenvalue weighted by molar-refractivity contribution is 7.11. The lowest BCUT2D eigenvalue weighted by Gasteiger charge is -2.15. The van der Waals surface area contributed by atoms with Crippen LogP contribution in [-0.2, 0) is 19.3 Å². The molecule has 0 fully saturated rings. The van der Waals surface area contributed by atoms with Gasteiger partial charge in [0.25, 0.3) is 0 Å². The second kappa shape index (κ2) is 6.07.